The minimum absolute atomic E-state index is 0.0411. The summed E-state index contributed by atoms with van der Waals surface area (Å²) in [7, 11) is 0. The number of aliphatic hydroxyl groups is 1. The van der Waals surface area contributed by atoms with E-state index < -0.39 is 0 Å². The summed E-state index contributed by atoms with van der Waals surface area (Å²) in [5.41, 5.74) is 1.14. The molecular weight excluding hydrogens is 250 g/mol. The lowest BCUT2D eigenvalue weighted by molar-refractivity contribution is -0.138. The summed E-state index contributed by atoms with van der Waals surface area (Å²) < 4.78 is 0. The van der Waals surface area contributed by atoms with E-state index in [1.54, 1.807) is 0 Å². The predicted molar refractivity (Wildman–Crippen MR) is 77.9 cm³/mol. The Labute approximate surface area is 120 Å². The maximum Gasteiger partial charge on any atom is 0.226 e. The van der Waals surface area contributed by atoms with Crippen LogP contribution < -0.4 is 0 Å². The number of amides is 1. The molecule has 0 heterocycles. The van der Waals surface area contributed by atoms with Crippen LogP contribution in [0.4, 0.5) is 0 Å². The number of hydrogen-bond donors (Lipinski definition) is 1. The van der Waals surface area contributed by atoms with Crippen molar-refractivity contribution in [3.63, 3.8) is 0 Å². The van der Waals surface area contributed by atoms with Crippen molar-refractivity contribution in [2.24, 2.45) is 17.8 Å². The van der Waals surface area contributed by atoms with Gasteiger partial charge in [-0.05, 0) is 36.7 Å². The summed E-state index contributed by atoms with van der Waals surface area (Å²) in [5.74, 6) is 1.85. The molecule has 2 bridgehead atoms. The van der Waals surface area contributed by atoms with E-state index >= 15 is 0 Å². The smallest absolute Gasteiger partial charge is 0.226 e. The zero-order chi connectivity index (χ0) is 13.9. The Morgan fingerprint density at radius 1 is 1.20 bits per heavy atom. The molecule has 0 aromatic heterocycles. The molecule has 2 aliphatic rings. The summed E-state index contributed by atoms with van der Waals surface area (Å²) in [4.78, 5) is 14.6. The molecule has 3 atom stereocenters. The van der Waals surface area contributed by atoms with Crippen LogP contribution in [0.3, 0.4) is 0 Å². The number of hydrogen-bond acceptors (Lipinski definition) is 2. The molecule has 0 saturated heterocycles. The van der Waals surface area contributed by atoms with Crippen molar-refractivity contribution in [1.82, 2.24) is 4.90 Å². The van der Waals surface area contributed by atoms with E-state index in [0.717, 1.165) is 17.9 Å². The van der Waals surface area contributed by atoms with Crippen LogP contribution in [0.2, 0.25) is 0 Å². The lowest BCUT2D eigenvalue weighted by atomic mass is 9.87. The van der Waals surface area contributed by atoms with Crippen molar-refractivity contribution in [3.8, 4) is 0 Å². The number of fused-ring (bicyclic) bond motifs is 2. The van der Waals surface area contributed by atoms with Crippen LogP contribution in [0, 0.1) is 17.8 Å². The highest BCUT2D eigenvalue weighted by molar-refractivity contribution is 5.79. The Bertz CT molecular complexity index is 459. The van der Waals surface area contributed by atoms with Gasteiger partial charge in [0.2, 0.25) is 5.91 Å². The van der Waals surface area contributed by atoms with Gasteiger partial charge in [0.1, 0.15) is 0 Å². The quantitative estimate of drug-likeness (QED) is 0.895. The second-order valence-electron chi connectivity index (χ2n) is 6.25. The molecule has 2 saturated carbocycles. The topological polar surface area (TPSA) is 40.5 Å². The molecule has 1 amide bonds. The van der Waals surface area contributed by atoms with Gasteiger partial charge in [0.15, 0.2) is 0 Å². The summed E-state index contributed by atoms with van der Waals surface area (Å²) in [6.07, 6.45) is 4.85. The van der Waals surface area contributed by atoms with Crippen LogP contribution in [-0.2, 0) is 11.3 Å². The van der Waals surface area contributed by atoms with Gasteiger partial charge in [0.25, 0.3) is 0 Å². The Hall–Kier alpha value is -1.35. The Balaban J connectivity index is 1.68. The average Bonchev–Trinajstić information content (AvgIpc) is 3.10. The van der Waals surface area contributed by atoms with Gasteiger partial charge in [-0.15, -0.1) is 0 Å². The summed E-state index contributed by atoms with van der Waals surface area (Å²) in [5, 5.41) is 9.24. The zero-order valence-electron chi connectivity index (χ0n) is 11.9. The Morgan fingerprint density at radius 2 is 2.00 bits per heavy atom. The normalized spacial score (nSPS) is 27.8. The van der Waals surface area contributed by atoms with Crippen molar-refractivity contribution >= 4 is 5.91 Å². The van der Waals surface area contributed by atoms with E-state index in [0.29, 0.717) is 19.0 Å². The highest BCUT2D eigenvalue weighted by atomic mass is 16.3. The standard InChI is InChI=1S/C17H23NO2/c19-9-8-18(12-13-4-2-1-3-5-13)17(20)16-11-14-6-7-15(16)10-14/h1-5,14-16,19H,6-12H2. The van der Waals surface area contributed by atoms with Gasteiger partial charge in [-0.2, -0.15) is 0 Å². The molecule has 3 heteroatoms. The van der Waals surface area contributed by atoms with Crippen molar-refractivity contribution < 1.29 is 9.90 Å². The minimum Gasteiger partial charge on any atom is -0.395 e. The molecule has 3 nitrogen and oxygen atoms in total. The van der Waals surface area contributed by atoms with Gasteiger partial charge in [-0.25, -0.2) is 0 Å². The molecule has 20 heavy (non-hydrogen) atoms. The number of benzene rings is 1. The van der Waals surface area contributed by atoms with E-state index in [2.05, 4.69) is 0 Å². The number of rotatable bonds is 5. The molecule has 0 radical (unpaired) electrons. The summed E-state index contributed by atoms with van der Waals surface area (Å²) >= 11 is 0. The molecule has 2 aliphatic carbocycles. The molecule has 3 rings (SSSR count). The van der Waals surface area contributed by atoms with Crippen LogP contribution in [0.15, 0.2) is 30.3 Å². The van der Waals surface area contributed by atoms with Gasteiger partial charge in [-0.3, -0.25) is 4.79 Å². The lowest BCUT2D eigenvalue weighted by Crippen LogP contribution is -2.39. The van der Waals surface area contributed by atoms with Crippen molar-refractivity contribution in [3.05, 3.63) is 35.9 Å². The second kappa shape index (κ2) is 5.96. The SMILES string of the molecule is O=C(C1CC2CCC1C2)N(CCO)Cc1ccccc1. The fourth-order valence-corrected chi connectivity index (χ4v) is 3.97. The molecule has 2 fully saturated rings. The molecule has 1 N–H and O–H groups in total. The highest BCUT2D eigenvalue weighted by Crippen LogP contribution is 2.48. The summed E-state index contributed by atoms with van der Waals surface area (Å²) in [6.45, 7) is 1.11. The second-order valence-corrected chi connectivity index (χ2v) is 6.25. The zero-order valence-corrected chi connectivity index (χ0v) is 11.9. The third-order valence-electron chi connectivity index (χ3n) is 4.95. The molecule has 0 spiro atoms. The van der Waals surface area contributed by atoms with Gasteiger partial charge in [0, 0.05) is 19.0 Å². The van der Waals surface area contributed by atoms with E-state index in [9.17, 15) is 9.90 Å². The number of nitrogens with zero attached hydrogens (tertiary/aromatic N) is 1. The minimum atomic E-state index is 0.0411. The maximum atomic E-state index is 12.7. The number of carbonyl (C=O) groups excluding carboxylic acids is 1. The van der Waals surface area contributed by atoms with Crippen molar-refractivity contribution in [2.75, 3.05) is 13.2 Å². The number of aliphatic hydroxyl groups excluding tert-OH is 1. The maximum absolute atomic E-state index is 12.7. The van der Waals surface area contributed by atoms with Gasteiger partial charge in [0.05, 0.1) is 6.61 Å². The Morgan fingerprint density at radius 3 is 2.60 bits per heavy atom. The molecule has 0 aliphatic heterocycles. The Kier molecular flexibility index (Phi) is 4.06. The third-order valence-corrected chi connectivity index (χ3v) is 4.95. The van der Waals surface area contributed by atoms with Crippen molar-refractivity contribution in [2.45, 2.75) is 32.2 Å². The monoisotopic (exact) mass is 273 g/mol. The van der Waals surface area contributed by atoms with Crippen LogP contribution in [0.1, 0.15) is 31.2 Å². The predicted octanol–water partition coefficient (Wildman–Crippen LogP) is 2.44. The number of carbonyl (C=O) groups is 1. The first-order valence-electron chi connectivity index (χ1n) is 7.71. The lowest BCUT2D eigenvalue weighted by Gasteiger charge is -2.29. The van der Waals surface area contributed by atoms with Crippen LogP contribution >= 0.6 is 0 Å². The van der Waals surface area contributed by atoms with Crippen LogP contribution in [0.25, 0.3) is 0 Å². The molecule has 1 aromatic carbocycles. The fourth-order valence-electron chi connectivity index (χ4n) is 3.97. The van der Waals surface area contributed by atoms with E-state index in [1.807, 2.05) is 35.2 Å². The molecule has 3 unspecified atom stereocenters. The van der Waals surface area contributed by atoms with Crippen molar-refractivity contribution in [1.29, 1.82) is 0 Å². The van der Waals surface area contributed by atoms with Crippen LogP contribution in [-0.4, -0.2) is 29.1 Å². The first-order chi connectivity index (χ1) is 9.78. The van der Waals surface area contributed by atoms with Gasteiger partial charge < -0.3 is 10.0 Å². The van der Waals surface area contributed by atoms with Gasteiger partial charge >= 0.3 is 0 Å². The van der Waals surface area contributed by atoms with E-state index in [1.165, 1.54) is 19.3 Å². The molecular formula is C17H23NO2. The fraction of sp³-hybridized carbons (Fsp3) is 0.588. The van der Waals surface area contributed by atoms with Crippen LogP contribution in [0.5, 0.6) is 0 Å². The highest BCUT2D eigenvalue weighted by Gasteiger charge is 2.44. The third kappa shape index (κ3) is 2.73. The average molecular weight is 273 g/mol. The molecule has 1 aromatic rings. The van der Waals surface area contributed by atoms with Gasteiger partial charge in [-0.1, -0.05) is 36.8 Å². The summed E-state index contributed by atoms with van der Waals surface area (Å²) in [6, 6.07) is 10.1. The first-order valence-corrected chi connectivity index (χ1v) is 7.71. The largest absolute Gasteiger partial charge is 0.395 e. The first kappa shape index (κ1) is 13.6. The van der Waals surface area contributed by atoms with E-state index in [-0.39, 0.29) is 18.4 Å². The molecule has 108 valence electrons. The van der Waals surface area contributed by atoms with E-state index in [4.69, 9.17) is 0 Å².